The number of hydrogen-bond acceptors (Lipinski definition) is 7. The molecule has 0 bridgehead atoms. The quantitative estimate of drug-likeness (QED) is 0.393. The summed E-state index contributed by atoms with van der Waals surface area (Å²) in [5, 5.41) is 20.1. The van der Waals surface area contributed by atoms with Crippen LogP contribution < -0.4 is 0 Å². The minimum absolute atomic E-state index is 0.00405. The molecule has 136 valence electrons. The fourth-order valence-corrected chi connectivity index (χ4v) is 3.60. The summed E-state index contributed by atoms with van der Waals surface area (Å²) in [7, 11) is 0. The maximum Gasteiger partial charge on any atom is 0.345 e. The fourth-order valence-electron chi connectivity index (χ4n) is 3.60. The van der Waals surface area contributed by atoms with Gasteiger partial charge in [0.1, 0.15) is 12.7 Å². The Kier molecular flexibility index (Phi) is 4.81. The molecule has 7 nitrogen and oxygen atoms in total. The Labute approximate surface area is 146 Å². The van der Waals surface area contributed by atoms with E-state index in [1.54, 1.807) is 13.0 Å². The van der Waals surface area contributed by atoms with Crippen molar-refractivity contribution in [3.8, 4) is 0 Å². The van der Waals surface area contributed by atoms with Gasteiger partial charge in [-0.05, 0) is 24.5 Å². The largest absolute Gasteiger partial charge is 0.459 e. The third kappa shape index (κ3) is 3.03. The number of aliphatic hydroxyl groups excluding tert-OH is 1. The lowest BCUT2D eigenvalue weighted by Gasteiger charge is -2.29. The van der Waals surface area contributed by atoms with Gasteiger partial charge in [-0.3, -0.25) is 4.90 Å². The lowest BCUT2D eigenvalue weighted by Crippen LogP contribution is -2.46. The molecule has 25 heavy (non-hydrogen) atoms. The Hall–Kier alpha value is -1.96. The average molecular weight is 349 g/mol. The zero-order valence-corrected chi connectivity index (χ0v) is 14.2. The van der Waals surface area contributed by atoms with E-state index in [2.05, 4.69) is 11.5 Å². The van der Waals surface area contributed by atoms with E-state index in [4.69, 9.17) is 9.47 Å². The molecule has 3 aliphatic rings. The van der Waals surface area contributed by atoms with E-state index in [0.29, 0.717) is 6.54 Å². The van der Waals surface area contributed by atoms with Crippen molar-refractivity contribution in [1.29, 1.82) is 0 Å². The van der Waals surface area contributed by atoms with Crippen LogP contribution in [0.1, 0.15) is 19.8 Å². The Morgan fingerprint density at radius 3 is 2.92 bits per heavy atom. The second kappa shape index (κ2) is 6.74. The molecule has 0 saturated carbocycles. The Morgan fingerprint density at radius 1 is 1.48 bits per heavy atom. The molecule has 0 spiro atoms. The maximum absolute atomic E-state index is 12.5. The van der Waals surface area contributed by atoms with Gasteiger partial charge in [0.15, 0.2) is 0 Å². The van der Waals surface area contributed by atoms with Gasteiger partial charge in [-0.15, -0.1) is 0 Å². The fraction of sp³-hybridized carbons (Fsp3) is 0.556. The van der Waals surface area contributed by atoms with E-state index in [0.717, 1.165) is 18.5 Å². The molecule has 0 aromatic heterocycles. The molecular formula is C18H23NO6. The van der Waals surface area contributed by atoms with Crippen LogP contribution in [0, 0.1) is 0 Å². The zero-order valence-electron chi connectivity index (χ0n) is 14.2. The predicted octanol–water partition coefficient (Wildman–Crippen LogP) is 0.0853. The maximum atomic E-state index is 12.5. The SMILES string of the molecule is C=C1C/C(=C/C)C(=O)OC2CCN3CC=C(COC(=O)C1(O)CO)C23. The first-order valence-corrected chi connectivity index (χ1v) is 8.38. The molecule has 0 radical (unpaired) electrons. The number of allylic oxidation sites excluding steroid dienone is 1. The Morgan fingerprint density at radius 2 is 2.24 bits per heavy atom. The van der Waals surface area contributed by atoms with Crippen LogP contribution in [0.5, 0.6) is 0 Å². The van der Waals surface area contributed by atoms with Crippen molar-refractivity contribution in [2.75, 3.05) is 26.3 Å². The van der Waals surface area contributed by atoms with Crippen LogP contribution in [0.2, 0.25) is 0 Å². The standard InChI is InChI=1S/C18H23NO6/c1-3-12-8-11(2)18(23,10-20)17(22)24-9-13-4-6-19-7-5-14(15(13)19)25-16(12)21/h3-4,14-15,20,23H,2,5-10H2,1H3/b12-3-. The molecule has 0 aliphatic carbocycles. The highest BCUT2D eigenvalue weighted by atomic mass is 16.6. The second-order valence-electron chi connectivity index (χ2n) is 6.64. The smallest absolute Gasteiger partial charge is 0.345 e. The number of rotatable bonds is 1. The molecule has 3 atom stereocenters. The summed E-state index contributed by atoms with van der Waals surface area (Å²) in [6, 6.07) is -0.111. The first-order valence-electron chi connectivity index (χ1n) is 8.38. The molecule has 2 N–H and O–H groups in total. The number of ether oxygens (including phenoxy) is 2. The number of esters is 2. The minimum atomic E-state index is -2.25. The van der Waals surface area contributed by atoms with Crippen molar-refractivity contribution in [3.63, 3.8) is 0 Å². The van der Waals surface area contributed by atoms with Crippen molar-refractivity contribution in [2.24, 2.45) is 0 Å². The second-order valence-corrected chi connectivity index (χ2v) is 6.64. The van der Waals surface area contributed by atoms with Crippen LogP contribution in [-0.2, 0) is 19.1 Å². The molecule has 2 saturated heterocycles. The van der Waals surface area contributed by atoms with Gasteiger partial charge in [0.2, 0.25) is 5.60 Å². The summed E-state index contributed by atoms with van der Waals surface area (Å²) < 4.78 is 11.0. The van der Waals surface area contributed by atoms with Crippen LogP contribution in [0.25, 0.3) is 0 Å². The summed E-state index contributed by atoms with van der Waals surface area (Å²) in [6.07, 6.45) is 3.87. The van der Waals surface area contributed by atoms with Crippen LogP contribution in [-0.4, -0.2) is 71.1 Å². The summed E-state index contributed by atoms with van der Waals surface area (Å²) >= 11 is 0. The van der Waals surface area contributed by atoms with Crippen LogP contribution in [0.4, 0.5) is 0 Å². The van der Waals surface area contributed by atoms with E-state index in [1.165, 1.54) is 0 Å². The number of aliphatic hydroxyl groups is 2. The molecule has 3 rings (SSSR count). The van der Waals surface area contributed by atoms with Gasteiger partial charge < -0.3 is 19.7 Å². The Bertz CT molecular complexity index is 666. The molecule has 0 aromatic carbocycles. The van der Waals surface area contributed by atoms with Gasteiger partial charge in [-0.2, -0.15) is 0 Å². The molecule has 3 aliphatic heterocycles. The van der Waals surface area contributed by atoms with E-state index in [-0.39, 0.29) is 36.3 Å². The Balaban J connectivity index is 1.94. The first-order chi connectivity index (χ1) is 11.9. The summed E-state index contributed by atoms with van der Waals surface area (Å²) in [6.45, 7) is 5.98. The summed E-state index contributed by atoms with van der Waals surface area (Å²) in [5.74, 6) is -1.45. The molecular weight excluding hydrogens is 326 g/mol. The van der Waals surface area contributed by atoms with Crippen LogP contribution in [0.3, 0.4) is 0 Å². The van der Waals surface area contributed by atoms with Crippen molar-refractivity contribution in [3.05, 3.63) is 35.5 Å². The van der Waals surface area contributed by atoms with E-state index in [1.807, 2.05) is 6.08 Å². The lowest BCUT2D eigenvalue weighted by atomic mass is 9.90. The molecule has 2 fully saturated rings. The van der Waals surface area contributed by atoms with Crippen molar-refractivity contribution in [2.45, 2.75) is 37.5 Å². The van der Waals surface area contributed by atoms with Gasteiger partial charge in [-0.25, -0.2) is 9.59 Å². The van der Waals surface area contributed by atoms with Gasteiger partial charge in [0, 0.05) is 25.1 Å². The highest BCUT2D eigenvalue weighted by molar-refractivity contribution is 5.90. The zero-order chi connectivity index (χ0) is 18.2. The lowest BCUT2D eigenvalue weighted by molar-refractivity contribution is -0.164. The number of hydrogen-bond donors (Lipinski definition) is 2. The number of carbonyl (C=O) groups excluding carboxylic acids is 2. The number of nitrogens with zero attached hydrogens (tertiary/aromatic N) is 1. The van der Waals surface area contributed by atoms with E-state index in [9.17, 15) is 19.8 Å². The highest BCUT2D eigenvalue weighted by Crippen LogP contribution is 2.33. The minimum Gasteiger partial charge on any atom is -0.459 e. The van der Waals surface area contributed by atoms with Crippen LogP contribution in [0.15, 0.2) is 35.5 Å². The summed E-state index contributed by atoms with van der Waals surface area (Å²) in [4.78, 5) is 27.1. The third-order valence-corrected chi connectivity index (χ3v) is 5.21. The van der Waals surface area contributed by atoms with Crippen molar-refractivity contribution in [1.82, 2.24) is 4.90 Å². The van der Waals surface area contributed by atoms with Gasteiger partial charge in [0.05, 0.1) is 12.6 Å². The van der Waals surface area contributed by atoms with Crippen molar-refractivity contribution >= 4 is 11.9 Å². The van der Waals surface area contributed by atoms with Crippen molar-refractivity contribution < 1.29 is 29.3 Å². The van der Waals surface area contributed by atoms with Gasteiger partial charge >= 0.3 is 11.9 Å². The highest BCUT2D eigenvalue weighted by Gasteiger charge is 2.45. The predicted molar refractivity (Wildman–Crippen MR) is 88.4 cm³/mol. The average Bonchev–Trinajstić information content (AvgIpc) is 3.18. The normalized spacial score (nSPS) is 35.6. The molecule has 0 aromatic rings. The number of cyclic esters (lactones) is 1. The molecule has 7 heteroatoms. The molecule has 3 unspecified atom stereocenters. The van der Waals surface area contributed by atoms with Gasteiger partial charge in [-0.1, -0.05) is 18.7 Å². The molecule has 3 heterocycles. The molecule has 0 amide bonds. The number of carbonyl (C=O) groups is 2. The summed E-state index contributed by atoms with van der Waals surface area (Å²) in [5.41, 5.74) is -1.12. The first kappa shape index (κ1) is 17.8. The van der Waals surface area contributed by atoms with Gasteiger partial charge in [0.25, 0.3) is 0 Å². The van der Waals surface area contributed by atoms with E-state index < -0.39 is 24.1 Å². The van der Waals surface area contributed by atoms with E-state index >= 15 is 0 Å². The van der Waals surface area contributed by atoms with Crippen LogP contribution >= 0.6 is 0 Å². The monoisotopic (exact) mass is 349 g/mol. The third-order valence-electron chi connectivity index (χ3n) is 5.21. The topological polar surface area (TPSA) is 96.3 Å².